The number of imidazole rings is 1. The van der Waals surface area contributed by atoms with Gasteiger partial charge in [0.25, 0.3) is 0 Å². The van der Waals surface area contributed by atoms with Crippen molar-refractivity contribution in [2.24, 2.45) is 0 Å². The van der Waals surface area contributed by atoms with Crippen LogP contribution in [-0.4, -0.2) is 15.9 Å². The van der Waals surface area contributed by atoms with E-state index in [0.29, 0.717) is 11.3 Å². The normalized spacial score (nSPS) is 10.4. The molecule has 0 atom stereocenters. The molecule has 1 heterocycles. The summed E-state index contributed by atoms with van der Waals surface area (Å²) >= 11 is 0. The second-order valence-electron chi connectivity index (χ2n) is 4.90. The Balaban J connectivity index is 1.70. The third kappa shape index (κ3) is 3.38. The minimum Gasteiger partial charge on any atom is -0.345 e. The van der Waals surface area contributed by atoms with Crippen LogP contribution in [0.4, 0.5) is 10.1 Å². The van der Waals surface area contributed by atoms with E-state index in [1.165, 1.54) is 12.1 Å². The highest BCUT2D eigenvalue weighted by atomic mass is 19.1. The van der Waals surface area contributed by atoms with Crippen molar-refractivity contribution in [3.05, 3.63) is 72.4 Å². The van der Waals surface area contributed by atoms with Crippen LogP contribution >= 0.6 is 0 Å². The number of nitrogens with one attached hydrogen (secondary N) is 2. The fourth-order valence-corrected chi connectivity index (χ4v) is 2.22. The van der Waals surface area contributed by atoms with Gasteiger partial charge in [0, 0.05) is 11.3 Å². The molecule has 1 aromatic heterocycles. The molecule has 0 aliphatic rings. The first-order chi connectivity index (χ1) is 10.7. The van der Waals surface area contributed by atoms with Crippen molar-refractivity contribution in [3.63, 3.8) is 0 Å². The standard InChI is InChI=1S/C17H14FN3O/c18-14-5-1-3-12(7-14)8-17(22)21-15-6-2-4-13(9-15)16-10-19-11-20-16/h1-7,9-11H,8H2,(H,19,20)(H,21,22). The van der Waals surface area contributed by atoms with Crippen molar-refractivity contribution in [2.75, 3.05) is 5.32 Å². The van der Waals surface area contributed by atoms with Gasteiger partial charge in [0.05, 0.1) is 24.6 Å². The molecule has 0 radical (unpaired) electrons. The molecule has 22 heavy (non-hydrogen) atoms. The van der Waals surface area contributed by atoms with Crippen LogP contribution in [0, 0.1) is 5.82 Å². The van der Waals surface area contributed by atoms with E-state index >= 15 is 0 Å². The first kappa shape index (κ1) is 14.0. The molecule has 5 heteroatoms. The third-order valence-electron chi connectivity index (χ3n) is 3.21. The van der Waals surface area contributed by atoms with Crippen LogP contribution < -0.4 is 5.32 Å². The summed E-state index contributed by atoms with van der Waals surface area (Å²) in [5, 5.41) is 2.82. The molecule has 1 amide bonds. The molecule has 0 saturated heterocycles. The minimum atomic E-state index is -0.341. The van der Waals surface area contributed by atoms with Crippen LogP contribution in [0.5, 0.6) is 0 Å². The maximum atomic E-state index is 13.1. The zero-order valence-corrected chi connectivity index (χ0v) is 11.7. The molecule has 2 aromatic carbocycles. The number of halogens is 1. The number of aromatic nitrogens is 2. The van der Waals surface area contributed by atoms with Crippen LogP contribution in [-0.2, 0) is 11.2 Å². The number of H-pyrrole nitrogens is 1. The summed E-state index contributed by atoms with van der Waals surface area (Å²) in [5.41, 5.74) is 3.14. The lowest BCUT2D eigenvalue weighted by Gasteiger charge is -2.07. The largest absolute Gasteiger partial charge is 0.345 e. The summed E-state index contributed by atoms with van der Waals surface area (Å²) in [6.45, 7) is 0. The van der Waals surface area contributed by atoms with Crippen molar-refractivity contribution in [1.82, 2.24) is 9.97 Å². The van der Waals surface area contributed by atoms with Gasteiger partial charge in [-0.3, -0.25) is 4.79 Å². The SMILES string of the molecule is O=C(Cc1cccc(F)c1)Nc1cccc(-c2cnc[nH]2)c1. The van der Waals surface area contributed by atoms with E-state index in [2.05, 4.69) is 15.3 Å². The average molecular weight is 295 g/mol. The fraction of sp³-hybridized carbons (Fsp3) is 0.0588. The molecular formula is C17H14FN3O. The third-order valence-corrected chi connectivity index (χ3v) is 3.21. The Kier molecular flexibility index (Phi) is 3.96. The van der Waals surface area contributed by atoms with Gasteiger partial charge in [-0.25, -0.2) is 9.37 Å². The van der Waals surface area contributed by atoms with Crippen LogP contribution in [0.1, 0.15) is 5.56 Å². The average Bonchev–Trinajstić information content (AvgIpc) is 3.01. The van der Waals surface area contributed by atoms with Crippen molar-refractivity contribution >= 4 is 11.6 Å². The minimum absolute atomic E-state index is 0.131. The summed E-state index contributed by atoms with van der Waals surface area (Å²) in [6.07, 6.45) is 3.45. The quantitative estimate of drug-likeness (QED) is 0.775. The lowest BCUT2D eigenvalue weighted by molar-refractivity contribution is -0.115. The Morgan fingerprint density at radius 2 is 2.05 bits per heavy atom. The van der Waals surface area contributed by atoms with Gasteiger partial charge in [-0.1, -0.05) is 24.3 Å². The first-order valence-corrected chi connectivity index (χ1v) is 6.84. The summed E-state index contributed by atoms with van der Waals surface area (Å²) in [4.78, 5) is 19.0. The van der Waals surface area contributed by atoms with Gasteiger partial charge in [0.2, 0.25) is 5.91 Å². The van der Waals surface area contributed by atoms with E-state index in [-0.39, 0.29) is 18.1 Å². The lowest BCUT2D eigenvalue weighted by atomic mass is 10.1. The Hall–Kier alpha value is -2.95. The number of carbonyl (C=O) groups excluding carboxylic acids is 1. The Bertz CT molecular complexity index is 784. The molecule has 3 aromatic rings. The predicted octanol–water partition coefficient (Wildman–Crippen LogP) is 3.40. The highest BCUT2D eigenvalue weighted by molar-refractivity contribution is 5.92. The topological polar surface area (TPSA) is 57.8 Å². The highest BCUT2D eigenvalue weighted by Crippen LogP contribution is 2.20. The molecule has 0 aliphatic heterocycles. The number of aromatic amines is 1. The number of benzene rings is 2. The molecule has 3 rings (SSSR count). The van der Waals surface area contributed by atoms with Crippen molar-refractivity contribution < 1.29 is 9.18 Å². The van der Waals surface area contributed by atoms with Gasteiger partial charge in [-0.15, -0.1) is 0 Å². The van der Waals surface area contributed by atoms with E-state index in [1.807, 2.05) is 24.3 Å². The molecule has 0 fully saturated rings. The van der Waals surface area contributed by atoms with Gasteiger partial charge < -0.3 is 10.3 Å². The van der Waals surface area contributed by atoms with Gasteiger partial charge in [-0.2, -0.15) is 0 Å². The summed E-state index contributed by atoms with van der Waals surface area (Å²) in [6, 6.07) is 13.5. The molecular weight excluding hydrogens is 281 g/mol. The second kappa shape index (κ2) is 6.22. The number of rotatable bonds is 4. The zero-order valence-electron chi connectivity index (χ0n) is 11.7. The number of carbonyl (C=O) groups is 1. The van der Waals surface area contributed by atoms with E-state index in [0.717, 1.165) is 11.3 Å². The molecule has 0 bridgehead atoms. The van der Waals surface area contributed by atoms with Gasteiger partial charge in [0.1, 0.15) is 5.82 Å². The maximum absolute atomic E-state index is 13.1. The predicted molar refractivity (Wildman–Crippen MR) is 82.8 cm³/mol. The van der Waals surface area contributed by atoms with E-state index < -0.39 is 0 Å². The van der Waals surface area contributed by atoms with E-state index in [1.54, 1.807) is 24.7 Å². The van der Waals surface area contributed by atoms with E-state index in [4.69, 9.17) is 0 Å². The Morgan fingerprint density at radius 1 is 1.18 bits per heavy atom. The second-order valence-corrected chi connectivity index (χ2v) is 4.90. The molecule has 0 unspecified atom stereocenters. The Labute approximate surface area is 127 Å². The molecule has 2 N–H and O–H groups in total. The number of hydrogen-bond acceptors (Lipinski definition) is 2. The summed E-state index contributed by atoms with van der Waals surface area (Å²) < 4.78 is 13.1. The van der Waals surface area contributed by atoms with Crippen LogP contribution in [0.25, 0.3) is 11.3 Å². The number of amides is 1. The van der Waals surface area contributed by atoms with E-state index in [9.17, 15) is 9.18 Å². The first-order valence-electron chi connectivity index (χ1n) is 6.84. The zero-order chi connectivity index (χ0) is 15.4. The molecule has 110 valence electrons. The molecule has 0 saturated carbocycles. The smallest absolute Gasteiger partial charge is 0.228 e. The Morgan fingerprint density at radius 3 is 2.82 bits per heavy atom. The highest BCUT2D eigenvalue weighted by Gasteiger charge is 2.06. The van der Waals surface area contributed by atoms with Gasteiger partial charge >= 0.3 is 0 Å². The fourth-order valence-electron chi connectivity index (χ4n) is 2.22. The lowest BCUT2D eigenvalue weighted by Crippen LogP contribution is -2.14. The van der Waals surface area contributed by atoms with Crippen molar-refractivity contribution in [3.8, 4) is 11.3 Å². The molecule has 0 aliphatic carbocycles. The van der Waals surface area contributed by atoms with Gasteiger partial charge in [-0.05, 0) is 29.8 Å². The van der Waals surface area contributed by atoms with Crippen LogP contribution in [0.2, 0.25) is 0 Å². The number of anilines is 1. The number of hydrogen-bond donors (Lipinski definition) is 2. The molecule has 0 spiro atoms. The van der Waals surface area contributed by atoms with Crippen LogP contribution in [0.15, 0.2) is 61.1 Å². The number of nitrogens with zero attached hydrogens (tertiary/aromatic N) is 1. The van der Waals surface area contributed by atoms with Crippen molar-refractivity contribution in [2.45, 2.75) is 6.42 Å². The maximum Gasteiger partial charge on any atom is 0.228 e. The monoisotopic (exact) mass is 295 g/mol. The van der Waals surface area contributed by atoms with Crippen molar-refractivity contribution in [1.29, 1.82) is 0 Å². The van der Waals surface area contributed by atoms with Crippen LogP contribution in [0.3, 0.4) is 0 Å². The van der Waals surface area contributed by atoms with Gasteiger partial charge in [0.15, 0.2) is 0 Å². The summed E-state index contributed by atoms with van der Waals surface area (Å²) in [7, 11) is 0. The molecule has 4 nitrogen and oxygen atoms in total. The summed E-state index contributed by atoms with van der Waals surface area (Å²) in [5.74, 6) is -0.529.